The average molecular weight is 446 g/mol. The highest BCUT2D eigenvalue weighted by Gasteiger charge is 2.41. The second kappa shape index (κ2) is 9.68. The van der Waals surface area contributed by atoms with Crippen LogP contribution in [0, 0.1) is 6.92 Å². The van der Waals surface area contributed by atoms with Gasteiger partial charge in [-0.15, -0.1) is 0 Å². The van der Waals surface area contributed by atoms with E-state index in [1.165, 1.54) is 29.5 Å². The Morgan fingerprint density at radius 1 is 1.03 bits per heavy atom. The molecule has 5 heteroatoms. The lowest BCUT2D eigenvalue weighted by Gasteiger charge is -2.31. The lowest BCUT2D eigenvalue weighted by Crippen LogP contribution is -2.51. The zero-order chi connectivity index (χ0) is 22.8. The number of nitrogens with one attached hydrogen (secondary N) is 2. The summed E-state index contributed by atoms with van der Waals surface area (Å²) in [5.74, 6) is -0.0286. The van der Waals surface area contributed by atoms with Crippen molar-refractivity contribution in [1.29, 1.82) is 0 Å². The van der Waals surface area contributed by atoms with E-state index in [9.17, 15) is 9.59 Å². The van der Waals surface area contributed by atoms with Gasteiger partial charge in [-0.3, -0.25) is 9.59 Å². The third kappa shape index (κ3) is 5.14. The monoisotopic (exact) mass is 445 g/mol. The van der Waals surface area contributed by atoms with Gasteiger partial charge in [0.2, 0.25) is 11.8 Å². The minimum absolute atomic E-state index is 0.0101. The predicted octanol–water partition coefficient (Wildman–Crippen LogP) is 3.74. The minimum Gasteiger partial charge on any atom is -0.348 e. The minimum atomic E-state index is -0.320. The molecule has 174 valence electrons. The molecule has 2 fully saturated rings. The van der Waals surface area contributed by atoms with Crippen LogP contribution in [0.15, 0.2) is 60.2 Å². The first kappa shape index (κ1) is 22.1. The van der Waals surface area contributed by atoms with E-state index < -0.39 is 0 Å². The van der Waals surface area contributed by atoms with E-state index in [2.05, 4.69) is 60.1 Å². The van der Waals surface area contributed by atoms with Crippen molar-refractivity contribution in [1.82, 2.24) is 15.5 Å². The molecule has 0 aromatic heterocycles. The molecule has 0 bridgehead atoms. The molecule has 33 heavy (non-hydrogen) atoms. The maximum atomic E-state index is 12.9. The second-order valence-corrected chi connectivity index (χ2v) is 10.2. The summed E-state index contributed by atoms with van der Waals surface area (Å²) in [6.45, 7) is 2.13. The third-order valence-electron chi connectivity index (χ3n) is 7.65. The quantitative estimate of drug-likeness (QED) is 0.701. The predicted molar refractivity (Wildman–Crippen MR) is 131 cm³/mol. The molecule has 5 unspecified atom stereocenters. The van der Waals surface area contributed by atoms with Crippen LogP contribution < -0.4 is 10.6 Å². The first-order chi connectivity index (χ1) is 16.0. The first-order valence-corrected chi connectivity index (χ1v) is 12.5. The summed E-state index contributed by atoms with van der Waals surface area (Å²) in [6.07, 6.45) is 18.0. The van der Waals surface area contributed by atoms with Gasteiger partial charge < -0.3 is 15.5 Å². The van der Waals surface area contributed by atoms with Crippen molar-refractivity contribution < 1.29 is 9.59 Å². The number of hydrogen-bond acceptors (Lipinski definition) is 3. The highest BCUT2D eigenvalue weighted by Crippen LogP contribution is 2.30. The number of rotatable bonds is 6. The first-order valence-electron chi connectivity index (χ1n) is 12.5. The van der Waals surface area contributed by atoms with Crippen LogP contribution in [0.4, 0.5) is 0 Å². The SMILES string of the molecule is Cc1ccc(CC2CCC(CC3=CCC(NC(=O)C4CCC5CC=CC(=O)N54)C=C3)N2)cc1. The second-order valence-electron chi connectivity index (χ2n) is 10.2. The lowest BCUT2D eigenvalue weighted by atomic mass is 9.96. The molecule has 2 amide bonds. The van der Waals surface area contributed by atoms with Crippen molar-refractivity contribution in [3.63, 3.8) is 0 Å². The molecular weight excluding hydrogens is 410 g/mol. The zero-order valence-electron chi connectivity index (χ0n) is 19.5. The third-order valence-corrected chi connectivity index (χ3v) is 7.65. The van der Waals surface area contributed by atoms with Crippen molar-refractivity contribution in [2.24, 2.45) is 0 Å². The van der Waals surface area contributed by atoms with E-state index >= 15 is 0 Å². The summed E-state index contributed by atoms with van der Waals surface area (Å²) in [4.78, 5) is 26.9. The Kier molecular flexibility index (Phi) is 6.50. The summed E-state index contributed by atoms with van der Waals surface area (Å²) >= 11 is 0. The number of benzene rings is 1. The Labute approximate surface area is 197 Å². The van der Waals surface area contributed by atoms with Crippen LogP contribution in [-0.4, -0.2) is 46.9 Å². The van der Waals surface area contributed by atoms with E-state index in [0.717, 1.165) is 38.5 Å². The summed E-state index contributed by atoms with van der Waals surface area (Å²) in [6, 6.07) is 9.85. The fraction of sp³-hybridized carbons (Fsp3) is 0.500. The molecule has 2 saturated heterocycles. The molecule has 2 N–H and O–H groups in total. The summed E-state index contributed by atoms with van der Waals surface area (Å²) in [7, 11) is 0. The van der Waals surface area contributed by atoms with Crippen molar-refractivity contribution in [2.75, 3.05) is 0 Å². The molecular formula is C28H35N3O2. The Morgan fingerprint density at radius 2 is 1.82 bits per heavy atom. The number of nitrogens with zero attached hydrogens (tertiary/aromatic N) is 1. The zero-order valence-corrected chi connectivity index (χ0v) is 19.5. The number of carbonyl (C=O) groups excluding carboxylic acids is 2. The number of aryl methyl sites for hydroxylation is 1. The fourth-order valence-electron chi connectivity index (χ4n) is 5.84. The van der Waals surface area contributed by atoms with Crippen LogP contribution in [0.5, 0.6) is 0 Å². The van der Waals surface area contributed by atoms with Crippen LogP contribution in [-0.2, 0) is 16.0 Å². The van der Waals surface area contributed by atoms with E-state index in [0.29, 0.717) is 12.1 Å². The molecule has 5 nitrogen and oxygen atoms in total. The molecule has 1 aromatic rings. The highest BCUT2D eigenvalue weighted by atomic mass is 16.2. The smallest absolute Gasteiger partial charge is 0.247 e. The normalized spacial score (nSPS) is 30.9. The van der Waals surface area contributed by atoms with E-state index in [-0.39, 0.29) is 29.9 Å². The van der Waals surface area contributed by atoms with Crippen LogP contribution in [0.3, 0.4) is 0 Å². The number of amides is 2. The largest absolute Gasteiger partial charge is 0.348 e. The van der Waals surface area contributed by atoms with E-state index in [4.69, 9.17) is 0 Å². The van der Waals surface area contributed by atoms with Gasteiger partial charge in [-0.2, -0.15) is 0 Å². The van der Waals surface area contributed by atoms with Crippen LogP contribution >= 0.6 is 0 Å². The molecule has 4 aliphatic rings. The van der Waals surface area contributed by atoms with Gasteiger partial charge in [-0.1, -0.05) is 59.7 Å². The van der Waals surface area contributed by atoms with Gasteiger partial charge in [0.1, 0.15) is 6.04 Å². The summed E-state index contributed by atoms with van der Waals surface area (Å²) < 4.78 is 0. The maximum Gasteiger partial charge on any atom is 0.247 e. The van der Waals surface area contributed by atoms with Gasteiger partial charge in [0.25, 0.3) is 0 Å². The van der Waals surface area contributed by atoms with Gasteiger partial charge >= 0.3 is 0 Å². The topological polar surface area (TPSA) is 61.4 Å². The molecule has 3 aliphatic heterocycles. The maximum absolute atomic E-state index is 12.9. The number of hydrogen-bond donors (Lipinski definition) is 2. The van der Waals surface area contributed by atoms with Gasteiger partial charge in [0, 0.05) is 18.1 Å². The fourth-order valence-corrected chi connectivity index (χ4v) is 5.84. The average Bonchev–Trinajstić information content (AvgIpc) is 3.44. The Balaban J connectivity index is 1.08. The van der Waals surface area contributed by atoms with E-state index in [1.807, 2.05) is 6.08 Å². The molecule has 0 radical (unpaired) electrons. The van der Waals surface area contributed by atoms with Gasteiger partial charge in [0.15, 0.2) is 0 Å². The molecule has 5 rings (SSSR count). The van der Waals surface area contributed by atoms with Crippen molar-refractivity contribution in [3.8, 4) is 0 Å². The van der Waals surface area contributed by atoms with Crippen molar-refractivity contribution in [2.45, 2.75) is 88.5 Å². The summed E-state index contributed by atoms with van der Waals surface area (Å²) in [5, 5.41) is 6.99. The number of allylic oxidation sites excluding steroid dienone is 1. The van der Waals surface area contributed by atoms with Crippen molar-refractivity contribution >= 4 is 11.8 Å². The van der Waals surface area contributed by atoms with Crippen LogP contribution in [0.2, 0.25) is 0 Å². The van der Waals surface area contributed by atoms with Crippen LogP contribution in [0.25, 0.3) is 0 Å². The van der Waals surface area contributed by atoms with E-state index in [1.54, 1.807) is 11.0 Å². The number of fused-ring (bicyclic) bond motifs is 1. The molecule has 3 heterocycles. The Hall–Kier alpha value is -2.66. The number of carbonyl (C=O) groups is 2. The molecule has 0 spiro atoms. The molecule has 0 saturated carbocycles. The molecule has 1 aromatic carbocycles. The van der Waals surface area contributed by atoms with Gasteiger partial charge in [0.05, 0.1) is 6.04 Å². The Bertz CT molecular complexity index is 977. The van der Waals surface area contributed by atoms with Crippen molar-refractivity contribution in [3.05, 3.63) is 71.3 Å². The van der Waals surface area contributed by atoms with Gasteiger partial charge in [-0.25, -0.2) is 0 Å². The standard InChI is InChI=1S/C28H35N3O2/c1-19-5-7-20(8-6-19)17-23-13-14-24(29-23)18-21-9-11-22(12-10-21)30-28(33)26-16-15-25-3-2-4-27(32)31(25)26/h2,4-11,22-26,29H,3,12-18H2,1H3,(H,30,33). The summed E-state index contributed by atoms with van der Waals surface area (Å²) in [5.41, 5.74) is 4.07. The Morgan fingerprint density at radius 3 is 2.58 bits per heavy atom. The molecule has 5 atom stereocenters. The van der Waals surface area contributed by atoms with Crippen LogP contribution in [0.1, 0.15) is 56.1 Å². The van der Waals surface area contributed by atoms with Gasteiger partial charge in [-0.05, 0) is 69.9 Å². The lowest BCUT2D eigenvalue weighted by molar-refractivity contribution is -0.137. The highest BCUT2D eigenvalue weighted by molar-refractivity contribution is 5.94. The molecule has 1 aliphatic carbocycles.